The van der Waals surface area contributed by atoms with Crippen LogP contribution in [-0.4, -0.2) is 12.2 Å². The molecule has 1 aliphatic rings. The molecular formula is C12H18ClNO2. The van der Waals surface area contributed by atoms with E-state index >= 15 is 0 Å². The molecule has 1 atom stereocenters. The van der Waals surface area contributed by atoms with E-state index in [0.717, 1.165) is 5.56 Å². The summed E-state index contributed by atoms with van der Waals surface area (Å²) >= 11 is 0. The molecule has 2 rings (SSSR count). The molecule has 0 heterocycles. The van der Waals surface area contributed by atoms with Crippen LogP contribution in [0.1, 0.15) is 30.9 Å². The van der Waals surface area contributed by atoms with Crippen LogP contribution < -0.4 is 10.5 Å². The smallest absolute Gasteiger partial charge is 0.160 e. The number of benzene rings is 1. The quantitative estimate of drug-likeness (QED) is 0.858. The summed E-state index contributed by atoms with van der Waals surface area (Å²) in [6, 6.07) is 5.46. The van der Waals surface area contributed by atoms with Crippen LogP contribution in [0.3, 0.4) is 0 Å². The Morgan fingerprint density at radius 1 is 1.44 bits per heavy atom. The fourth-order valence-corrected chi connectivity index (χ4v) is 1.99. The first-order chi connectivity index (χ1) is 7.22. The largest absolute Gasteiger partial charge is 0.504 e. The minimum absolute atomic E-state index is 0. The van der Waals surface area contributed by atoms with Crippen LogP contribution in [-0.2, 0) is 0 Å². The average molecular weight is 244 g/mol. The second-order valence-corrected chi connectivity index (χ2v) is 4.15. The Morgan fingerprint density at radius 2 is 2.12 bits per heavy atom. The zero-order valence-corrected chi connectivity index (χ0v) is 10.2. The van der Waals surface area contributed by atoms with Gasteiger partial charge in [-0.05, 0) is 36.5 Å². The van der Waals surface area contributed by atoms with Gasteiger partial charge in [-0.1, -0.05) is 12.5 Å². The number of nitrogens with two attached hydrogens (primary N) is 1. The Balaban J connectivity index is 0.00000128. The van der Waals surface area contributed by atoms with Gasteiger partial charge in [-0.3, -0.25) is 0 Å². The van der Waals surface area contributed by atoms with Crippen molar-refractivity contribution >= 4 is 12.4 Å². The highest BCUT2D eigenvalue weighted by atomic mass is 35.5. The molecule has 0 saturated heterocycles. The maximum absolute atomic E-state index is 9.63. The number of ether oxygens (including phenoxy) is 1. The summed E-state index contributed by atoms with van der Waals surface area (Å²) < 4.78 is 4.99. The molecule has 0 aromatic heterocycles. The van der Waals surface area contributed by atoms with Crippen LogP contribution in [0, 0.1) is 5.92 Å². The first-order valence-corrected chi connectivity index (χ1v) is 5.35. The molecule has 1 aromatic rings. The summed E-state index contributed by atoms with van der Waals surface area (Å²) in [6.45, 7) is 0. The molecule has 1 aromatic carbocycles. The number of rotatable bonds is 3. The van der Waals surface area contributed by atoms with Crippen molar-refractivity contribution in [1.82, 2.24) is 0 Å². The standard InChI is InChI=1S/C12H17NO2.ClH/c1-15-11-6-5-9(7-10(11)14)12(13)8-3-2-4-8;/h5-8,12,14H,2-4,13H2,1H3;1H/t12-;/m1./s1. The van der Waals surface area contributed by atoms with Crippen molar-refractivity contribution in [2.45, 2.75) is 25.3 Å². The summed E-state index contributed by atoms with van der Waals surface area (Å²) in [5.74, 6) is 1.25. The summed E-state index contributed by atoms with van der Waals surface area (Å²) in [4.78, 5) is 0. The molecule has 16 heavy (non-hydrogen) atoms. The normalized spacial score (nSPS) is 17.1. The van der Waals surface area contributed by atoms with Crippen molar-refractivity contribution in [2.75, 3.05) is 7.11 Å². The van der Waals surface area contributed by atoms with Gasteiger partial charge in [0.15, 0.2) is 11.5 Å². The fraction of sp³-hybridized carbons (Fsp3) is 0.500. The second kappa shape index (κ2) is 5.41. The van der Waals surface area contributed by atoms with E-state index in [2.05, 4.69) is 0 Å². The van der Waals surface area contributed by atoms with Gasteiger partial charge in [0.1, 0.15) is 0 Å². The molecule has 4 heteroatoms. The van der Waals surface area contributed by atoms with E-state index in [1.165, 1.54) is 19.3 Å². The molecule has 0 unspecified atom stereocenters. The minimum atomic E-state index is 0. The lowest BCUT2D eigenvalue weighted by atomic mass is 9.77. The Hall–Kier alpha value is -0.930. The minimum Gasteiger partial charge on any atom is -0.504 e. The number of halogens is 1. The number of hydrogen-bond donors (Lipinski definition) is 2. The third-order valence-corrected chi connectivity index (χ3v) is 3.25. The highest BCUT2D eigenvalue weighted by molar-refractivity contribution is 5.85. The van der Waals surface area contributed by atoms with Crippen LogP contribution in [0.15, 0.2) is 18.2 Å². The lowest BCUT2D eigenvalue weighted by Gasteiger charge is -2.31. The molecule has 0 bridgehead atoms. The van der Waals surface area contributed by atoms with Gasteiger partial charge in [0.25, 0.3) is 0 Å². The van der Waals surface area contributed by atoms with Crippen molar-refractivity contribution in [3.05, 3.63) is 23.8 Å². The van der Waals surface area contributed by atoms with E-state index in [1.807, 2.05) is 6.07 Å². The Morgan fingerprint density at radius 3 is 2.56 bits per heavy atom. The van der Waals surface area contributed by atoms with Crippen molar-refractivity contribution in [3.8, 4) is 11.5 Å². The Kier molecular flexibility index (Phi) is 4.44. The Labute approximate surface area is 102 Å². The molecule has 90 valence electrons. The topological polar surface area (TPSA) is 55.5 Å². The number of hydrogen-bond acceptors (Lipinski definition) is 3. The first kappa shape index (κ1) is 13.1. The SMILES string of the molecule is COc1ccc([C@H](N)C2CCC2)cc1O.Cl. The lowest BCUT2D eigenvalue weighted by molar-refractivity contribution is 0.263. The van der Waals surface area contributed by atoms with Crippen molar-refractivity contribution in [3.63, 3.8) is 0 Å². The van der Waals surface area contributed by atoms with Gasteiger partial charge in [-0.15, -0.1) is 12.4 Å². The fourth-order valence-electron chi connectivity index (χ4n) is 1.99. The van der Waals surface area contributed by atoms with Crippen LogP contribution in [0.5, 0.6) is 11.5 Å². The van der Waals surface area contributed by atoms with Crippen LogP contribution >= 0.6 is 12.4 Å². The van der Waals surface area contributed by atoms with Crippen molar-refractivity contribution < 1.29 is 9.84 Å². The first-order valence-electron chi connectivity index (χ1n) is 5.35. The van der Waals surface area contributed by atoms with Crippen LogP contribution in [0.25, 0.3) is 0 Å². The highest BCUT2D eigenvalue weighted by Crippen LogP contribution is 2.38. The molecule has 1 saturated carbocycles. The molecule has 3 nitrogen and oxygen atoms in total. The summed E-state index contributed by atoms with van der Waals surface area (Å²) in [6.07, 6.45) is 3.68. The van der Waals surface area contributed by atoms with Gasteiger partial charge in [0.05, 0.1) is 7.11 Å². The second-order valence-electron chi connectivity index (χ2n) is 4.15. The lowest BCUT2D eigenvalue weighted by Crippen LogP contribution is -2.26. The van der Waals surface area contributed by atoms with E-state index in [4.69, 9.17) is 10.5 Å². The molecule has 1 fully saturated rings. The van der Waals surface area contributed by atoms with Crippen LogP contribution in [0.4, 0.5) is 0 Å². The van der Waals surface area contributed by atoms with Crippen molar-refractivity contribution in [1.29, 1.82) is 0 Å². The van der Waals surface area contributed by atoms with E-state index < -0.39 is 0 Å². The maximum atomic E-state index is 9.63. The van der Waals surface area contributed by atoms with Gasteiger partial charge in [0.2, 0.25) is 0 Å². The average Bonchev–Trinajstić information content (AvgIpc) is 2.15. The van der Waals surface area contributed by atoms with Crippen LogP contribution in [0.2, 0.25) is 0 Å². The number of aromatic hydroxyl groups is 1. The van der Waals surface area contributed by atoms with Gasteiger partial charge < -0.3 is 15.6 Å². The van der Waals surface area contributed by atoms with Gasteiger partial charge in [-0.2, -0.15) is 0 Å². The summed E-state index contributed by atoms with van der Waals surface area (Å²) in [5, 5.41) is 9.63. The predicted molar refractivity (Wildman–Crippen MR) is 66.2 cm³/mol. The maximum Gasteiger partial charge on any atom is 0.160 e. The zero-order valence-electron chi connectivity index (χ0n) is 9.35. The zero-order chi connectivity index (χ0) is 10.8. The molecule has 3 N–H and O–H groups in total. The Bertz CT molecular complexity index is 353. The van der Waals surface area contributed by atoms with Gasteiger partial charge in [0, 0.05) is 6.04 Å². The van der Waals surface area contributed by atoms with E-state index in [0.29, 0.717) is 11.7 Å². The van der Waals surface area contributed by atoms with Crippen molar-refractivity contribution in [2.24, 2.45) is 11.7 Å². The third kappa shape index (κ3) is 2.42. The molecule has 0 amide bonds. The van der Waals surface area contributed by atoms with E-state index in [9.17, 15) is 5.11 Å². The molecular weight excluding hydrogens is 226 g/mol. The van der Waals surface area contributed by atoms with E-state index in [-0.39, 0.29) is 24.2 Å². The summed E-state index contributed by atoms with van der Waals surface area (Å²) in [7, 11) is 1.54. The number of methoxy groups -OCH3 is 1. The molecule has 0 radical (unpaired) electrons. The van der Waals surface area contributed by atoms with Gasteiger partial charge >= 0.3 is 0 Å². The monoisotopic (exact) mass is 243 g/mol. The third-order valence-electron chi connectivity index (χ3n) is 3.25. The predicted octanol–water partition coefficient (Wildman–Crippen LogP) is 2.62. The summed E-state index contributed by atoms with van der Waals surface area (Å²) in [5.41, 5.74) is 7.11. The number of phenols is 1. The molecule has 0 aliphatic heterocycles. The highest BCUT2D eigenvalue weighted by Gasteiger charge is 2.25. The molecule has 1 aliphatic carbocycles. The van der Waals surface area contributed by atoms with Gasteiger partial charge in [-0.25, -0.2) is 0 Å². The van der Waals surface area contributed by atoms with E-state index in [1.54, 1.807) is 19.2 Å². The number of phenolic OH excluding ortho intramolecular Hbond substituents is 1. The molecule has 0 spiro atoms.